The third-order valence-corrected chi connectivity index (χ3v) is 2.84. The highest BCUT2D eigenvalue weighted by molar-refractivity contribution is 5.47. The summed E-state index contributed by atoms with van der Waals surface area (Å²) in [5.74, 6) is 0. The van der Waals surface area contributed by atoms with Gasteiger partial charge in [0.15, 0.2) is 0 Å². The normalized spacial score (nSPS) is 22.2. The number of allylic oxidation sites excluding steroid dienone is 6. The zero-order valence-electron chi connectivity index (χ0n) is 7.77. The molecule has 0 heterocycles. The Hall–Kier alpha value is -0.780. The van der Waals surface area contributed by atoms with Crippen LogP contribution in [-0.4, -0.2) is 0 Å². The molecule has 0 N–H and O–H groups in total. The van der Waals surface area contributed by atoms with Crippen LogP contribution in [0.25, 0.3) is 0 Å². The molecular formula is C12H16. The molecule has 0 aliphatic heterocycles. The van der Waals surface area contributed by atoms with Crippen molar-refractivity contribution in [2.45, 2.75) is 39.0 Å². The maximum absolute atomic E-state index is 2.41. The number of hydrogen-bond acceptors (Lipinski definition) is 0. The van der Waals surface area contributed by atoms with Crippen LogP contribution < -0.4 is 0 Å². The van der Waals surface area contributed by atoms with Crippen LogP contribution in [0.4, 0.5) is 0 Å². The van der Waals surface area contributed by atoms with Crippen molar-refractivity contribution >= 4 is 0 Å². The first kappa shape index (κ1) is 7.85. The lowest BCUT2D eigenvalue weighted by Gasteiger charge is -2.21. The SMILES string of the molecule is CCC1=CCCC2=C1C=CCC2. The van der Waals surface area contributed by atoms with Gasteiger partial charge < -0.3 is 0 Å². The minimum absolute atomic E-state index is 1.20. The van der Waals surface area contributed by atoms with Crippen molar-refractivity contribution in [2.75, 3.05) is 0 Å². The quantitative estimate of drug-likeness (QED) is 0.548. The third-order valence-electron chi connectivity index (χ3n) is 2.84. The molecule has 2 rings (SSSR count). The van der Waals surface area contributed by atoms with Gasteiger partial charge in [0.25, 0.3) is 0 Å². The molecule has 0 aromatic carbocycles. The van der Waals surface area contributed by atoms with E-state index in [-0.39, 0.29) is 0 Å². The van der Waals surface area contributed by atoms with Crippen molar-refractivity contribution in [3.8, 4) is 0 Å². The summed E-state index contributed by atoms with van der Waals surface area (Å²) in [7, 11) is 0. The highest BCUT2D eigenvalue weighted by Gasteiger charge is 2.13. The molecule has 0 fully saturated rings. The molecule has 0 heteroatoms. The first-order chi connectivity index (χ1) is 5.92. The predicted molar refractivity (Wildman–Crippen MR) is 53.0 cm³/mol. The predicted octanol–water partition coefficient (Wildman–Crippen LogP) is 3.76. The Balaban J connectivity index is 2.33. The first-order valence-electron chi connectivity index (χ1n) is 4.99. The largest absolute Gasteiger partial charge is 0.0836 e. The molecular weight excluding hydrogens is 144 g/mol. The first-order valence-corrected chi connectivity index (χ1v) is 4.99. The topological polar surface area (TPSA) is 0 Å². The Morgan fingerprint density at radius 3 is 2.92 bits per heavy atom. The van der Waals surface area contributed by atoms with E-state index in [0.717, 1.165) is 0 Å². The lowest BCUT2D eigenvalue weighted by molar-refractivity contribution is 0.809. The number of hydrogen-bond donors (Lipinski definition) is 0. The van der Waals surface area contributed by atoms with E-state index in [0.29, 0.717) is 0 Å². The monoisotopic (exact) mass is 160 g/mol. The Morgan fingerprint density at radius 2 is 2.08 bits per heavy atom. The molecule has 0 saturated carbocycles. The molecule has 0 amide bonds. The summed E-state index contributed by atoms with van der Waals surface area (Å²) in [6.45, 7) is 2.25. The van der Waals surface area contributed by atoms with E-state index in [9.17, 15) is 0 Å². The lowest BCUT2D eigenvalue weighted by atomic mass is 9.84. The Morgan fingerprint density at radius 1 is 1.25 bits per heavy atom. The highest BCUT2D eigenvalue weighted by atomic mass is 14.2. The van der Waals surface area contributed by atoms with Crippen molar-refractivity contribution in [2.24, 2.45) is 0 Å². The summed E-state index contributed by atoms with van der Waals surface area (Å²) in [4.78, 5) is 0. The molecule has 2 aliphatic rings. The molecule has 0 radical (unpaired) electrons. The van der Waals surface area contributed by atoms with Gasteiger partial charge in [-0.25, -0.2) is 0 Å². The fraction of sp³-hybridized carbons (Fsp3) is 0.500. The van der Waals surface area contributed by atoms with Gasteiger partial charge in [-0.05, 0) is 43.3 Å². The van der Waals surface area contributed by atoms with E-state index in [2.05, 4.69) is 25.2 Å². The maximum atomic E-state index is 2.41. The zero-order chi connectivity index (χ0) is 8.39. The van der Waals surface area contributed by atoms with Crippen LogP contribution in [0.5, 0.6) is 0 Å². The van der Waals surface area contributed by atoms with Gasteiger partial charge in [-0.15, -0.1) is 0 Å². The molecule has 0 atom stereocenters. The Bertz CT molecular complexity index is 260. The van der Waals surface area contributed by atoms with Gasteiger partial charge in [0.2, 0.25) is 0 Å². The molecule has 0 aromatic rings. The van der Waals surface area contributed by atoms with Gasteiger partial charge in [-0.3, -0.25) is 0 Å². The fourth-order valence-electron chi connectivity index (χ4n) is 2.17. The molecule has 0 spiro atoms. The van der Waals surface area contributed by atoms with Crippen molar-refractivity contribution in [1.82, 2.24) is 0 Å². The van der Waals surface area contributed by atoms with Crippen molar-refractivity contribution in [1.29, 1.82) is 0 Å². The van der Waals surface area contributed by atoms with Crippen LogP contribution in [0.1, 0.15) is 39.0 Å². The average molecular weight is 160 g/mol. The molecule has 0 aromatic heterocycles. The summed E-state index contributed by atoms with van der Waals surface area (Å²) in [6, 6.07) is 0. The Kier molecular flexibility index (Phi) is 2.16. The number of rotatable bonds is 1. The van der Waals surface area contributed by atoms with E-state index in [1.165, 1.54) is 32.1 Å². The fourth-order valence-corrected chi connectivity index (χ4v) is 2.17. The van der Waals surface area contributed by atoms with E-state index in [1.54, 1.807) is 16.7 Å². The van der Waals surface area contributed by atoms with Gasteiger partial charge in [-0.1, -0.05) is 30.7 Å². The molecule has 0 nitrogen and oxygen atoms in total. The molecule has 64 valence electrons. The summed E-state index contributed by atoms with van der Waals surface area (Å²) in [5.41, 5.74) is 4.85. The molecule has 2 aliphatic carbocycles. The summed E-state index contributed by atoms with van der Waals surface area (Å²) in [6.07, 6.45) is 13.4. The van der Waals surface area contributed by atoms with Crippen LogP contribution in [0.2, 0.25) is 0 Å². The summed E-state index contributed by atoms with van der Waals surface area (Å²) < 4.78 is 0. The van der Waals surface area contributed by atoms with Gasteiger partial charge in [0, 0.05) is 0 Å². The van der Waals surface area contributed by atoms with Crippen LogP contribution in [0, 0.1) is 0 Å². The van der Waals surface area contributed by atoms with Crippen molar-refractivity contribution in [3.63, 3.8) is 0 Å². The van der Waals surface area contributed by atoms with E-state index in [4.69, 9.17) is 0 Å². The summed E-state index contributed by atoms with van der Waals surface area (Å²) in [5, 5.41) is 0. The van der Waals surface area contributed by atoms with Crippen LogP contribution >= 0.6 is 0 Å². The molecule has 0 saturated heterocycles. The minimum atomic E-state index is 1.20. The molecule has 0 bridgehead atoms. The molecule has 12 heavy (non-hydrogen) atoms. The second-order valence-corrected chi connectivity index (χ2v) is 3.58. The van der Waals surface area contributed by atoms with Crippen LogP contribution in [0.3, 0.4) is 0 Å². The second-order valence-electron chi connectivity index (χ2n) is 3.58. The second kappa shape index (κ2) is 3.30. The summed E-state index contributed by atoms with van der Waals surface area (Å²) >= 11 is 0. The minimum Gasteiger partial charge on any atom is -0.0836 e. The van der Waals surface area contributed by atoms with Crippen molar-refractivity contribution < 1.29 is 0 Å². The standard InChI is InChI=1S/C12H16/c1-2-10-7-5-8-11-6-3-4-9-12(10)11/h4,7,9H,2-3,5-6,8H2,1H3. The van der Waals surface area contributed by atoms with E-state index >= 15 is 0 Å². The van der Waals surface area contributed by atoms with E-state index in [1.807, 2.05) is 0 Å². The van der Waals surface area contributed by atoms with E-state index < -0.39 is 0 Å². The average Bonchev–Trinajstić information content (AvgIpc) is 2.17. The molecule has 0 unspecified atom stereocenters. The van der Waals surface area contributed by atoms with Crippen LogP contribution in [0.15, 0.2) is 34.9 Å². The lowest BCUT2D eigenvalue weighted by Crippen LogP contribution is -2.02. The maximum Gasteiger partial charge on any atom is -0.0239 e. The van der Waals surface area contributed by atoms with Gasteiger partial charge in [0.05, 0.1) is 0 Å². The van der Waals surface area contributed by atoms with Gasteiger partial charge >= 0.3 is 0 Å². The highest BCUT2D eigenvalue weighted by Crippen LogP contribution is 2.33. The third kappa shape index (κ3) is 1.26. The van der Waals surface area contributed by atoms with Crippen molar-refractivity contribution in [3.05, 3.63) is 34.9 Å². The zero-order valence-corrected chi connectivity index (χ0v) is 7.77. The van der Waals surface area contributed by atoms with Gasteiger partial charge in [0.1, 0.15) is 0 Å². The van der Waals surface area contributed by atoms with Crippen LogP contribution in [-0.2, 0) is 0 Å². The Labute approximate surface area is 74.7 Å². The smallest absolute Gasteiger partial charge is 0.0239 e. The van der Waals surface area contributed by atoms with Gasteiger partial charge in [-0.2, -0.15) is 0 Å².